The standard InChI is InChI=1S/C15H13BrN2O2S/c1-17-15(20)11-4-2-3-5-12(11)18-14(19)9-7-10-6-8-13(16)21-10/h2-9H,1H3,(H,17,20)(H,18,19)/b9-7+. The lowest BCUT2D eigenvalue weighted by Gasteiger charge is -2.08. The molecule has 0 saturated heterocycles. The number of hydrogen-bond acceptors (Lipinski definition) is 3. The van der Waals surface area contributed by atoms with Crippen molar-refractivity contribution in [2.45, 2.75) is 0 Å². The number of thiophene rings is 1. The first-order valence-electron chi connectivity index (χ1n) is 6.15. The van der Waals surface area contributed by atoms with Gasteiger partial charge in [-0.2, -0.15) is 0 Å². The van der Waals surface area contributed by atoms with Crippen LogP contribution in [0, 0.1) is 0 Å². The third-order valence-electron chi connectivity index (χ3n) is 2.65. The Bertz CT molecular complexity index is 694. The fourth-order valence-electron chi connectivity index (χ4n) is 1.67. The van der Waals surface area contributed by atoms with Gasteiger partial charge in [0, 0.05) is 18.0 Å². The SMILES string of the molecule is CNC(=O)c1ccccc1NC(=O)/C=C/c1ccc(Br)s1. The van der Waals surface area contributed by atoms with Crippen LogP contribution in [0.5, 0.6) is 0 Å². The summed E-state index contributed by atoms with van der Waals surface area (Å²) >= 11 is 4.90. The van der Waals surface area contributed by atoms with E-state index in [9.17, 15) is 9.59 Å². The number of amides is 2. The Kier molecular flexibility index (Phi) is 5.30. The van der Waals surface area contributed by atoms with Crippen molar-refractivity contribution in [3.63, 3.8) is 0 Å². The smallest absolute Gasteiger partial charge is 0.253 e. The van der Waals surface area contributed by atoms with E-state index in [-0.39, 0.29) is 11.8 Å². The average Bonchev–Trinajstić information content (AvgIpc) is 2.90. The summed E-state index contributed by atoms with van der Waals surface area (Å²) in [6.45, 7) is 0. The molecule has 0 aliphatic rings. The van der Waals surface area contributed by atoms with E-state index in [0.29, 0.717) is 11.3 Å². The zero-order chi connectivity index (χ0) is 15.2. The van der Waals surface area contributed by atoms with Gasteiger partial charge < -0.3 is 10.6 Å². The van der Waals surface area contributed by atoms with Gasteiger partial charge in [0.2, 0.25) is 5.91 Å². The predicted molar refractivity (Wildman–Crippen MR) is 89.5 cm³/mol. The van der Waals surface area contributed by atoms with Gasteiger partial charge in [-0.3, -0.25) is 9.59 Å². The van der Waals surface area contributed by atoms with Crippen molar-refractivity contribution < 1.29 is 9.59 Å². The lowest BCUT2D eigenvalue weighted by atomic mass is 10.1. The van der Waals surface area contributed by atoms with E-state index in [2.05, 4.69) is 26.6 Å². The Labute approximate surface area is 135 Å². The maximum absolute atomic E-state index is 11.9. The topological polar surface area (TPSA) is 58.2 Å². The maximum atomic E-state index is 11.9. The van der Waals surface area contributed by atoms with Crippen LogP contribution < -0.4 is 10.6 Å². The Balaban J connectivity index is 2.09. The van der Waals surface area contributed by atoms with Crippen LogP contribution in [0.1, 0.15) is 15.2 Å². The quantitative estimate of drug-likeness (QED) is 0.815. The van der Waals surface area contributed by atoms with Crippen molar-refractivity contribution in [1.29, 1.82) is 0 Å². The molecular weight excluding hydrogens is 352 g/mol. The first-order chi connectivity index (χ1) is 10.1. The zero-order valence-electron chi connectivity index (χ0n) is 11.2. The average molecular weight is 365 g/mol. The largest absolute Gasteiger partial charge is 0.355 e. The first-order valence-corrected chi connectivity index (χ1v) is 7.76. The molecule has 0 aliphatic carbocycles. The minimum atomic E-state index is -0.282. The van der Waals surface area contributed by atoms with Crippen molar-refractivity contribution in [1.82, 2.24) is 5.32 Å². The van der Waals surface area contributed by atoms with Crippen LogP contribution in [0.15, 0.2) is 46.3 Å². The number of rotatable bonds is 4. The molecule has 2 N–H and O–H groups in total. The third kappa shape index (κ3) is 4.27. The molecule has 0 bridgehead atoms. The second kappa shape index (κ2) is 7.19. The third-order valence-corrected chi connectivity index (χ3v) is 4.24. The van der Waals surface area contributed by atoms with Gasteiger partial charge in [-0.15, -0.1) is 11.3 Å². The highest BCUT2D eigenvalue weighted by Gasteiger charge is 2.10. The van der Waals surface area contributed by atoms with E-state index in [1.807, 2.05) is 12.1 Å². The molecule has 6 heteroatoms. The molecule has 0 spiro atoms. The summed E-state index contributed by atoms with van der Waals surface area (Å²) < 4.78 is 1.01. The van der Waals surface area contributed by atoms with E-state index in [1.165, 1.54) is 17.4 Å². The molecule has 1 heterocycles. The second-order valence-electron chi connectivity index (χ2n) is 4.09. The molecule has 1 aromatic carbocycles. The number of hydrogen-bond donors (Lipinski definition) is 2. The molecule has 0 atom stereocenters. The van der Waals surface area contributed by atoms with Gasteiger partial charge in [0.05, 0.1) is 15.0 Å². The van der Waals surface area contributed by atoms with E-state index in [1.54, 1.807) is 37.4 Å². The molecule has 2 amide bonds. The van der Waals surface area contributed by atoms with Crippen molar-refractivity contribution in [2.75, 3.05) is 12.4 Å². The Morgan fingerprint density at radius 2 is 1.95 bits per heavy atom. The van der Waals surface area contributed by atoms with E-state index < -0.39 is 0 Å². The molecule has 4 nitrogen and oxygen atoms in total. The van der Waals surface area contributed by atoms with E-state index >= 15 is 0 Å². The number of benzene rings is 1. The fraction of sp³-hybridized carbons (Fsp3) is 0.0667. The van der Waals surface area contributed by atoms with Crippen LogP contribution in [0.3, 0.4) is 0 Å². The lowest BCUT2D eigenvalue weighted by molar-refractivity contribution is -0.111. The molecular formula is C15H13BrN2O2S. The van der Waals surface area contributed by atoms with Crippen molar-refractivity contribution >= 4 is 50.8 Å². The highest BCUT2D eigenvalue weighted by Crippen LogP contribution is 2.23. The Hall–Kier alpha value is -1.92. The van der Waals surface area contributed by atoms with Gasteiger partial charge in [-0.25, -0.2) is 0 Å². The highest BCUT2D eigenvalue weighted by atomic mass is 79.9. The summed E-state index contributed by atoms with van der Waals surface area (Å²) in [5, 5.41) is 5.25. The molecule has 0 saturated carbocycles. The number of carbonyl (C=O) groups excluding carboxylic acids is 2. The highest BCUT2D eigenvalue weighted by molar-refractivity contribution is 9.11. The minimum Gasteiger partial charge on any atom is -0.355 e. The molecule has 21 heavy (non-hydrogen) atoms. The second-order valence-corrected chi connectivity index (χ2v) is 6.58. The van der Waals surface area contributed by atoms with Crippen LogP contribution >= 0.6 is 27.3 Å². The van der Waals surface area contributed by atoms with Crippen LogP contribution in [-0.4, -0.2) is 18.9 Å². The van der Waals surface area contributed by atoms with Crippen molar-refractivity contribution in [3.05, 3.63) is 56.7 Å². The lowest BCUT2D eigenvalue weighted by Crippen LogP contribution is -2.20. The molecule has 0 radical (unpaired) electrons. The minimum absolute atomic E-state index is 0.239. The zero-order valence-corrected chi connectivity index (χ0v) is 13.6. The number of carbonyl (C=O) groups is 2. The maximum Gasteiger partial charge on any atom is 0.253 e. The summed E-state index contributed by atoms with van der Waals surface area (Å²) in [5.41, 5.74) is 0.916. The predicted octanol–water partition coefficient (Wildman–Crippen LogP) is 3.52. The van der Waals surface area contributed by atoms with Crippen molar-refractivity contribution in [2.24, 2.45) is 0 Å². The van der Waals surface area contributed by atoms with Crippen LogP contribution in [-0.2, 0) is 4.79 Å². The number of anilines is 1. The van der Waals surface area contributed by atoms with Gasteiger partial charge in [0.15, 0.2) is 0 Å². The molecule has 2 aromatic rings. The summed E-state index contributed by atoms with van der Waals surface area (Å²) in [7, 11) is 1.55. The molecule has 0 aliphatic heterocycles. The Morgan fingerprint density at radius 1 is 1.19 bits per heavy atom. The summed E-state index contributed by atoms with van der Waals surface area (Å²) in [6, 6.07) is 10.7. The van der Waals surface area contributed by atoms with Gasteiger partial charge in [0.25, 0.3) is 5.91 Å². The van der Waals surface area contributed by atoms with Crippen LogP contribution in [0.25, 0.3) is 6.08 Å². The van der Waals surface area contributed by atoms with Crippen molar-refractivity contribution in [3.8, 4) is 0 Å². The van der Waals surface area contributed by atoms with Gasteiger partial charge in [0.1, 0.15) is 0 Å². The Morgan fingerprint density at radius 3 is 2.62 bits per heavy atom. The van der Waals surface area contributed by atoms with Gasteiger partial charge in [-0.1, -0.05) is 12.1 Å². The summed E-state index contributed by atoms with van der Waals surface area (Å²) in [5.74, 6) is -0.520. The van der Waals surface area contributed by atoms with Gasteiger partial charge >= 0.3 is 0 Å². The summed E-state index contributed by atoms with van der Waals surface area (Å²) in [6.07, 6.45) is 3.17. The summed E-state index contributed by atoms with van der Waals surface area (Å²) in [4.78, 5) is 24.6. The normalized spacial score (nSPS) is 10.6. The monoisotopic (exact) mass is 364 g/mol. The van der Waals surface area contributed by atoms with Crippen LogP contribution in [0.4, 0.5) is 5.69 Å². The van der Waals surface area contributed by atoms with E-state index in [4.69, 9.17) is 0 Å². The number of nitrogens with one attached hydrogen (secondary N) is 2. The van der Waals surface area contributed by atoms with E-state index in [0.717, 1.165) is 8.66 Å². The molecule has 0 fully saturated rings. The number of para-hydroxylation sites is 1. The van der Waals surface area contributed by atoms with Crippen LogP contribution in [0.2, 0.25) is 0 Å². The van der Waals surface area contributed by atoms with Gasteiger partial charge in [-0.05, 0) is 46.3 Å². The molecule has 0 unspecified atom stereocenters. The molecule has 1 aromatic heterocycles. The molecule has 2 rings (SSSR count). The first kappa shape index (κ1) is 15.5. The fourth-order valence-corrected chi connectivity index (χ4v) is 3.00. The molecule has 108 valence electrons. The number of halogens is 1.